The number of aryl methyl sites for hydroxylation is 1. The van der Waals surface area contributed by atoms with Crippen LogP contribution in [0.4, 0.5) is 14.5 Å². The molecule has 1 aromatic heterocycles. The van der Waals surface area contributed by atoms with E-state index in [-0.39, 0.29) is 11.7 Å². The standard InChI is InChI=1S/C16H20F2N2O/c1-10(19)6-12-7-14(17)16(15(18)8-12)20(3)9-13-5-4-11(2)21-13/h4-5,7-8,10H,6,9,19H2,1-3H3. The van der Waals surface area contributed by atoms with Crippen LogP contribution in [0.3, 0.4) is 0 Å². The molecule has 0 saturated heterocycles. The summed E-state index contributed by atoms with van der Waals surface area (Å²) in [6.45, 7) is 3.93. The van der Waals surface area contributed by atoms with Gasteiger partial charge in [-0.15, -0.1) is 0 Å². The summed E-state index contributed by atoms with van der Waals surface area (Å²) in [7, 11) is 1.63. The first-order valence-electron chi connectivity index (χ1n) is 6.86. The van der Waals surface area contributed by atoms with Gasteiger partial charge in [0, 0.05) is 13.1 Å². The van der Waals surface area contributed by atoms with Gasteiger partial charge in [0.15, 0.2) is 0 Å². The lowest BCUT2D eigenvalue weighted by Crippen LogP contribution is -2.21. The number of hydrogen-bond donors (Lipinski definition) is 1. The summed E-state index contributed by atoms with van der Waals surface area (Å²) in [6.07, 6.45) is 0.440. The Hall–Kier alpha value is -1.88. The minimum Gasteiger partial charge on any atom is -0.464 e. The van der Waals surface area contributed by atoms with Crippen LogP contribution in [0.1, 0.15) is 24.0 Å². The fourth-order valence-corrected chi connectivity index (χ4v) is 2.36. The lowest BCUT2D eigenvalue weighted by molar-refractivity contribution is 0.478. The van der Waals surface area contributed by atoms with Crippen molar-refractivity contribution in [1.29, 1.82) is 0 Å². The largest absolute Gasteiger partial charge is 0.464 e. The monoisotopic (exact) mass is 294 g/mol. The average Bonchev–Trinajstić information content (AvgIpc) is 2.72. The zero-order chi connectivity index (χ0) is 15.6. The van der Waals surface area contributed by atoms with Crippen LogP contribution in [0.5, 0.6) is 0 Å². The molecule has 1 unspecified atom stereocenters. The first-order valence-corrected chi connectivity index (χ1v) is 6.86. The van der Waals surface area contributed by atoms with Gasteiger partial charge in [0.2, 0.25) is 0 Å². The molecule has 0 aliphatic carbocycles. The van der Waals surface area contributed by atoms with E-state index in [1.807, 2.05) is 13.0 Å². The molecule has 0 fully saturated rings. The summed E-state index contributed by atoms with van der Waals surface area (Å²) in [6, 6.07) is 6.16. The van der Waals surface area contributed by atoms with Crippen molar-refractivity contribution in [1.82, 2.24) is 0 Å². The fourth-order valence-electron chi connectivity index (χ4n) is 2.36. The molecule has 1 heterocycles. The van der Waals surface area contributed by atoms with E-state index in [9.17, 15) is 8.78 Å². The van der Waals surface area contributed by atoms with Crippen molar-refractivity contribution < 1.29 is 13.2 Å². The van der Waals surface area contributed by atoms with E-state index in [0.717, 1.165) is 5.76 Å². The van der Waals surface area contributed by atoms with Crippen molar-refractivity contribution in [3.8, 4) is 0 Å². The van der Waals surface area contributed by atoms with Gasteiger partial charge in [0.05, 0.1) is 6.54 Å². The van der Waals surface area contributed by atoms with Crippen LogP contribution >= 0.6 is 0 Å². The molecule has 3 nitrogen and oxygen atoms in total. The first-order chi connectivity index (χ1) is 9.86. The van der Waals surface area contributed by atoms with E-state index < -0.39 is 11.6 Å². The lowest BCUT2D eigenvalue weighted by Gasteiger charge is -2.20. The number of benzene rings is 1. The topological polar surface area (TPSA) is 42.4 Å². The Morgan fingerprint density at radius 3 is 2.33 bits per heavy atom. The summed E-state index contributed by atoms with van der Waals surface area (Å²) < 4.78 is 33.8. The van der Waals surface area contributed by atoms with E-state index in [1.54, 1.807) is 20.0 Å². The highest BCUT2D eigenvalue weighted by Crippen LogP contribution is 2.26. The molecule has 0 amide bonds. The summed E-state index contributed by atoms with van der Waals surface area (Å²) in [5, 5.41) is 0. The van der Waals surface area contributed by atoms with Crippen molar-refractivity contribution >= 4 is 5.69 Å². The van der Waals surface area contributed by atoms with Gasteiger partial charge in [0.25, 0.3) is 0 Å². The van der Waals surface area contributed by atoms with Crippen LogP contribution in [0, 0.1) is 18.6 Å². The molecule has 0 saturated carbocycles. The van der Waals surface area contributed by atoms with Crippen LogP contribution in [0.2, 0.25) is 0 Å². The molecule has 21 heavy (non-hydrogen) atoms. The lowest BCUT2D eigenvalue weighted by atomic mass is 10.1. The third-order valence-electron chi connectivity index (χ3n) is 3.21. The Labute approximate surface area is 123 Å². The molecule has 1 aromatic carbocycles. The average molecular weight is 294 g/mol. The molecular formula is C16H20F2N2O. The molecule has 2 N–H and O–H groups in total. The molecule has 2 rings (SSSR count). The first kappa shape index (κ1) is 15.5. The van der Waals surface area contributed by atoms with Crippen LogP contribution in [-0.4, -0.2) is 13.1 Å². The van der Waals surface area contributed by atoms with Gasteiger partial charge >= 0.3 is 0 Å². The SMILES string of the molecule is Cc1ccc(CN(C)c2c(F)cc(CC(C)N)cc2F)o1. The zero-order valence-electron chi connectivity index (χ0n) is 12.5. The number of anilines is 1. The van der Waals surface area contributed by atoms with Gasteiger partial charge in [-0.1, -0.05) is 0 Å². The Kier molecular flexibility index (Phi) is 4.63. The number of nitrogens with two attached hydrogens (primary N) is 1. The third kappa shape index (κ3) is 3.82. The smallest absolute Gasteiger partial charge is 0.149 e. The molecule has 2 aromatic rings. The second-order valence-corrected chi connectivity index (χ2v) is 5.46. The normalized spacial score (nSPS) is 12.5. The van der Waals surface area contributed by atoms with Gasteiger partial charge in [-0.05, 0) is 50.1 Å². The number of rotatable bonds is 5. The maximum Gasteiger partial charge on any atom is 0.149 e. The Morgan fingerprint density at radius 2 is 1.86 bits per heavy atom. The van der Waals surface area contributed by atoms with Crippen LogP contribution in [-0.2, 0) is 13.0 Å². The highest BCUT2D eigenvalue weighted by Gasteiger charge is 2.17. The number of furan rings is 1. The van der Waals surface area contributed by atoms with Crippen molar-refractivity contribution in [3.05, 3.63) is 53.0 Å². The number of halogens is 2. The molecule has 114 valence electrons. The Balaban J connectivity index is 2.22. The fraction of sp³-hybridized carbons (Fsp3) is 0.375. The van der Waals surface area contributed by atoms with Crippen molar-refractivity contribution in [3.63, 3.8) is 0 Å². The molecule has 0 aliphatic rings. The van der Waals surface area contributed by atoms with E-state index in [0.29, 0.717) is 24.3 Å². The summed E-state index contributed by atoms with van der Waals surface area (Å²) >= 11 is 0. The Morgan fingerprint density at radius 1 is 1.24 bits per heavy atom. The summed E-state index contributed by atoms with van der Waals surface area (Å²) in [4.78, 5) is 1.50. The van der Waals surface area contributed by atoms with E-state index in [4.69, 9.17) is 10.2 Å². The van der Waals surface area contributed by atoms with Crippen LogP contribution in [0.25, 0.3) is 0 Å². The predicted molar refractivity (Wildman–Crippen MR) is 79.3 cm³/mol. The zero-order valence-corrected chi connectivity index (χ0v) is 12.5. The number of hydrogen-bond acceptors (Lipinski definition) is 3. The quantitative estimate of drug-likeness (QED) is 0.919. The van der Waals surface area contributed by atoms with Gasteiger partial charge in [-0.3, -0.25) is 0 Å². The molecule has 0 radical (unpaired) electrons. The minimum atomic E-state index is -0.587. The predicted octanol–water partition coefficient (Wildman–Crippen LogP) is 3.39. The molecule has 0 aliphatic heterocycles. The van der Waals surface area contributed by atoms with Crippen molar-refractivity contribution in [2.75, 3.05) is 11.9 Å². The summed E-state index contributed by atoms with van der Waals surface area (Å²) in [5.41, 5.74) is 6.16. The number of nitrogens with zero attached hydrogens (tertiary/aromatic N) is 1. The van der Waals surface area contributed by atoms with Gasteiger partial charge in [-0.2, -0.15) is 0 Å². The van der Waals surface area contributed by atoms with Crippen LogP contribution < -0.4 is 10.6 Å². The molecule has 0 bridgehead atoms. The van der Waals surface area contributed by atoms with Crippen LogP contribution in [0.15, 0.2) is 28.7 Å². The molecule has 0 spiro atoms. The Bertz CT molecular complexity index is 599. The van der Waals surface area contributed by atoms with Crippen molar-refractivity contribution in [2.45, 2.75) is 32.9 Å². The second kappa shape index (κ2) is 6.26. The maximum atomic E-state index is 14.2. The molecule has 1 atom stereocenters. The summed E-state index contributed by atoms with van der Waals surface area (Å²) in [5.74, 6) is 0.257. The molecular weight excluding hydrogens is 274 g/mol. The van der Waals surface area contributed by atoms with E-state index in [2.05, 4.69) is 0 Å². The van der Waals surface area contributed by atoms with Gasteiger partial charge in [0.1, 0.15) is 28.8 Å². The van der Waals surface area contributed by atoms with Gasteiger partial charge < -0.3 is 15.1 Å². The highest BCUT2D eigenvalue weighted by atomic mass is 19.1. The highest BCUT2D eigenvalue weighted by molar-refractivity contribution is 5.50. The second-order valence-electron chi connectivity index (χ2n) is 5.46. The van der Waals surface area contributed by atoms with E-state index >= 15 is 0 Å². The van der Waals surface area contributed by atoms with Crippen molar-refractivity contribution in [2.24, 2.45) is 5.73 Å². The van der Waals surface area contributed by atoms with E-state index in [1.165, 1.54) is 17.0 Å². The molecule has 5 heteroatoms. The maximum absolute atomic E-state index is 14.2. The van der Waals surface area contributed by atoms with Gasteiger partial charge in [-0.25, -0.2) is 8.78 Å². The minimum absolute atomic E-state index is 0.0579. The third-order valence-corrected chi connectivity index (χ3v) is 3.21.